The number of hydrogen-bond donors (Lipinski definition) is 1. The van der Waals surface area contributed by atoms with Crippen molar-refractivity contribution in [1.82, 2.24) is 0 Å². The number of rotatable bonds is 4. The van der Waals surface area contributed by atoms with Gasteiger partial charge in [-0.1, -0.05) is 0 Å². The van der Waals surface area contributed by atoms with Gasteiger partial charge in [-0.2, -0.15) is 0 Å². The second-order valence-electron chi connectivity index (χ2n) is 7.34. The van der Waals surface area contributed by atoms with E-state index in [1.807, 2.05) is 12.1 Å². The molecule has 4 rings (SSSR count). The molecule has 0 saturated carbocycles. The molecule has 0 radical (unpaired) electrons. The summed E-state index contributed by atoms with van der Waals surface area (Å²) in [5.41, 5.74) is 4.84. The molecule has 26 heavy (non-hydrogen) atoms. The maximum absolute atomic E-state index is 9.65. The third kappa shape index (κ3) is 2.61. The van der Waals surface area contributed by atoms with Crippen LogP contribution in [-0.4, -0.2) is 14.9 Å². The van der Waals surface area contributed by atoms with Crippen molar-refractivity contribution in [3.8, 4) is 0 Å². The molecule has 1 N–H and O–H groups in total. The third-order valence-electron chi connectivity index (χ3n) is 6.04. The summed E-state index contributed by atoms with van der Waals surface area (Å²) in [6.07, 6.45) is 9.25. The molecule has 0 fully saturated rings. The van der Waals surface area contributed by atoms with Crippen LogP contribution in [0, 0.1) is 0 Å². The summed E-state index contributed by atoms with van der Waals surface area (Å²) in [6, 6.07) is 16.7. The van der Waals surface area contributed by atoms with Gasteiger partial charge in [0.1, 0.15) is 0 Å². The number of aliphatic hydroxyl groups is 1. The summed E-state index contributed by atoms with van der Waals surface area (Å²) in [5, 5.41) is 9.65. The summed E-state index contributed by atoms with van der Waals surface area (Å²) in [7, 11) is 15.4. The van der Waals surface area contributed by atoms with Crippen LogP contribution in [0.3, 0.4) is 0 Å². The van der Waals surface area contributed by atoms with Gasteiger partial charge in [0.15, 0.2) is 0 Å². The van der Waals surface area contributed by atoms with Crippen molar-refractivity contribution in [3.63, 3.8) is 0 Å². The van der Waals surface area contributed by atoms with Crippen molar-refractivity contribution in [2.75, 3.05) is 6.61 Å². The van der Waals surface area contributed by atoms with Crippen LogP contribution < -0.4 is 0 Å². The average Bonchev–Trinajstić information content (AvgIpc) is 3.27. The van der Waals surface area contributed by atoms with Crippen LogP contribution in [0.4, 0.5) is 0 Å². The van der Waals surface area contributed by atoms with Crippen molar-refractivity contribution >= 4 is 32.4 Å². The van der Waals surface area contributed by atoms with E-state index in [4.69, 9.17) is 17.0 Å². The molecule has 0 bridgehead atoms. The summed E-state index contributed by atoms with van der Waals surface area (Å²) in [6.45, 7) is 2.14. The Bertz CT molecular complexity index is 929. The molecule has 4 heteroatoms. The van der Waals surface area contributed by atoms with Gasteiger partial charge < -0.3 is 0 Å². The van der Waals surface area contributed by atoms with Crippen LogP contribution >= 0.6 is 17.0 Å². The van der Waals surface area contributed by atoms with Crippen LogP contribution in [0.2, 0.25) is 0 Å². The van der Waals surface area contributed by atoms with Crippen LogP contribution in [0.1, 0.15) is 42.8 Å². The molecule has 0 saturated heterocycles. The minimum atomic E-state index is -4.63. The summed E-state index contributed by atoms with van der Waals surface area (Å²) < 4.78 is 1.13. The van der Waals surface area contributed by atoms with E-state index in [2.05, 4.69) is 67.6 Å². The van der Waals surface area contributed by atoms with Gasteiger partial charge >= 0.3 is 164 Å². The summed E-state index contributed by atoms with van der Waals surface area (Å²) in [5.74, 6) is 0. The standard InChI is InChI=1S/2C9H7.C4H8O.2ClH.Zr/c2*1-2-5-9-7-3-6-8(9)4-1;1-2-3-4-5;;;/h2*1-7H;5H,3-4H2,1H3;2*1H;/q;;;;;+2/p-2. The van der Waals surface area contributed by atoms with Gasteiger partial charge in [0.25, 0.3) is 0 Å². The van der Waals surface area contributed by atoms with E-state index in [-0.39, 0.29) is 13.9 Å². The zero-order valence-corrected chi connectivity index (χ0v) is 18.7. The molecule has 2 aliphatic carbocycles. The van der Waals surface area contributed by atoms with Gasteiger partial charge in [-0.25, -0.2) is 0 Å². The molecule has 0 aromatic heterocycles. The molecule has 2 atom stereocenters. The van der Waals surface area contributed by atoms with Gasteiger partial charge in [0.2, 0.25) is 0 Å². The number of aliphatic hydroxyl groups excluding tert-OH is 1. The Morgan fingerprint density at radius 3 is 1.81 bits per heavy atom. The first kappa shape index (κ1) is 18.6. The molecule has 2 aromatic carbocycles. The number of allylic oxidation sites excluding steroid dienone is 2. The predicted octanol–water partition coefficient (Wildman–Crippen LogP) is 6.09. The first-order valence-corrected chi connectivity index (χ1v) is 19.4. The molecule has 2 aliphatic rings. The summed E-state index contributed by atoms with van der Waals surface area (Å²) in [4.78, 5) is 0. The SMILES string of the molecule is C[C](CCO)=[Zr]([Cl])([Cl])([CH]1C=Cc2ccccc21)[CH]1C=Cc2ccccc21. The minimum absolute atomic E-state index is 0.0170. The normalized spacial score (nSPS) is 21.0. The molecule has 2 unspecified atom stereocenters. The monoisotopic (exact) mass is 462 g/mol. The van der Waals surface area contributed by atoms with E-state index in [1.54, 1.807) is 0 Å². The number of benzene rings is 2. The van der Waals surface area contributed by atoms with E-state index in [9.17, 15) is 5.11 Å². The Balaban J connectivity index is 1.99. The molecule has 2 aromatic rings. The fraction of sp³-hybridized carbons (Fsp3) is 0.227. The predicted molar refractivity (Wildman–Crippen MR) is 111 cm³/mol. The summed E-state index contributed by atoms with van der Waals surface area (Å²) >= 11 is -4.63. The van der Waals surface area contributed by atoms with Crippen molar-refractivity contribution < 1.29 is 21.0 Å². The number of hydrogen-bond acceptors (Lipinski definition) is 1. The topological polar surface area (TPSA) is 20.2 Å². The molecule has 1 nitrogen and oxygen atoms in total. The van der Waals surface area contributed by atoms with Gasteiger partial charge in [-0.05, 0) is 0 Å². The Morgan fingerprint density at radius 2 is 1.35 bits per heavy atom. The van der Waals surface area contributed by atoms with Crippen LogP contribution in [-0.2, 0) is 15.9 Å². The van der Waals surface area contributed by atoms with Crippen molar-refractivity contribution in [2.24, 2.45) is 0 Å². The molecular weight excluding hydrogens is 442 g/mol. The van der Waals surface area contributed by atoms with E-state index < -0.39 is 15.9 Å². The Labute approximate surface area is 162 Å². The van der Waals surface area contributed by atoms with Crippen molar-refractivity contribution in [3.05, 3.63) is 82.9 Å². The Morgan fingerprint density at radius 1 is 0.885 bits per heavy atom. The molecule has 0 spiro atoms. The zero-order valence-electron chi connectivity index (χ0n) is 14.7. The van der Waals surface area contributed by atoms with E-state index in [0.717, 1.165) is 3.21 Å². The second-order valence-corrected chi connectivity index (χ2v) is 28.9. The maximum atomic E-state index is 9.65. The van der Waals surface area contributed by atoms with Gasteiger partial charge in [-0.3, -0.25) is 0 Å². The fourth-order valence-electron chi connectivity index (χ4n) is 4.55. The van der Waals surface area contributed by atoms with E-state index in [1.165, 1.54) is 22.3 Å². The van der Waals surface area contributed by atoms with E-state index in [0.29, 0.717) is 6.42 Å². The first-order chi connectivity index (χ1) is 12.5. The third-order valence-corrected chi connectivity index (χ3v) is 28.1. The fourth-order valence-corrected chi connectivity index (χ4v) is 21.5. The van der Waals surface area contributed by atoms with Crippen LogP contribution in [0.25, 0.3) is 12.2 Å². The quantitative estimate of drug-likeness (QED) is 0.580. The van der Waals surface area contributed by atoms with Crippen molar-refractivity contribution in [2.45, 2.75) is 20.6 Å². The average molecular weight is 465 g/mol. The molecule has 0 amide bonds. The Kier molecular flexibility index (Phi) is 4.77. The van der Waals surface area contributed by atoms with Crippen LogP contribution in [0.15, 0.2) is 60.7 Å². The molecule has 0 heterocycles. The first-order valence-electron chi connectivity index (χ1n) is 9.02. The van der Waals surface area contributed by atoms with Gasteiger partial charge in [-0.15, -0.1) is 0 Å². The van der Waals surface area contributed by atoms with Gasteiger partial charge in [0.05, 0.1) is 0 Å². The van der Waals surface area contributed by atoms with Crippen molar-refractivity contribution in [1.29, 1.82) is 0 Å². The molecule has 0 aliphatic heterocycles. The Hall–Kier alpha value is -0.787. The molecular formula is C22H22Cl2OZr. The second kappa shape index (κ2) is 6.67. The zero-order chi connectivity index (χ0) is 18.4. The van der Waals surface area contributed by atoms with Crippen LogP contribution in [0.5, 0.6) is 0 Å². The molecule has 134 valence electrons. The number of halogens is 2. The van der Waals surface area contributed by atoms with E-state index >= 15 is 0 Å². The van der Waals surface area contributed by atoms with Gasteiger partial charge in [0, 0.05) is 0 Å². The number of fused-ring (bicyclic) bond motifs is 2.